The summed E-state index contributed by atoms with van der Waals surface area (Å²) < 4.78 is 5.42. The van der Waals surface area contributed by atoms with Gasteiger partial charge in [-0.15, -0.1) is 0 Å². The van der Waals surface area contributed by atoms with E-state index in [1.54, 1.807) is 4.90 Å². The van der Waals surface area contributed by atoms with Crippen LogP contribution in [-0.4, -0.2) is 36.7 Å². The van der Waals surface area contributed by atoms with E-state index >= 15 is 0 Å². The first-order valence-corrected chi connectivity index (χ1v) is 9.68. The maximum absolute atomic E-state index is 12.3. The number of benzene rings is 2. The quantitative estimate of drug-likeness (QED) is 0.817. The highest BCUT2D eigenvalue weighted by Gasteiger charge is 2.25. The number of rotatable bonds is 5. The number of aryl methyl sites for hydroxylation is 1. The molecule has 6 nitrogen and oxygen atoms in total. The summed E-state index contributed by atoms with van der Waals surface area (Å²) in [6.45, 7) is 4.05. The average molecular weight is 381 g/mol. The maximum Gasteiger partial charge on any atom is 0.410 e. The lowest BCUT2D eigenvalue weighted by molar-refractivity contribution is 0.0793. The van der Waals surface area contributed by atoms with Crippen LogP contribution in [0.25, 0.3) is 0 Å². The predicted molar refractivity (Wildman–Crippen MR) is 109 cm³/mol. The normalized spacial score (nSPS) is 16.3. The molecule has 1 fully saturated rings. The number of urea groups is 1. The molecule has 1 aliphatic heterocycles. The SMILES string of the molecule is Cc1ccccc1NC(=O)NC[C@@H]1CCCN(C(=O)OCc2ccccc2)C1. The van der Waals surface area contributed by atoms with Crippen LogP contribution in [0.5, 0.6) is 0 Å². The maximum atomic E-state index is 12.3. The Morgan fingerprint density at radius 2 is 1.86 bits per heavy atom. The largest absolute Gasteiger partial charge is 0.445 e. The number of carbonyl (C=O) groups excluding carboxylic acids is 2. The molecule has 2 aromatic rings. The second-order valence-electron chi connectivity index (χ2n) is 7.14. The zero-order valence-electron chi connectivity index (χ0n) is 16.2. The minimum atomic E-state index is -0.294. The molecule has 3 amide bonds. The molecular weight excluding hydrogens is 354 g/mol. The van der Waals surface area contributed by atoms with Gasteiger partial charge in [-0.05, 0) is 42.9 Å². The molecule has 2 aromatic carbocycles. The lowest BCUT2D eigenvalue weighted by atomic mass is 9.98. The lowest BCUT2D eigenvalue weighted by Gasteiger charge is -2.32. The van der Waals surface area contributed by atoms with Crippen LogP contribution in [0.15, 0.2) is 54.6 Å². The molecule has 0 saturated carbocycles. The van der Waals surface area contributed by atoms with Crippen LogP contribution in [0.3, 0.4) is 0 Å². The third kappa shape index (κ3) is 5.74. The van der Waals surface area contributed by atoms with Crippen molar-refractivity contribution in [3.05, 3.63) is 65.7 Å². The van der Waals surface area contributed by atoms with Crippen molar-refractivity contribution >= 4 is 17.8 Å². The van der Waals surface area contributed by atoms with Crippen molar-refractivity contribution < 1.29 is 14.3 Å². The smallest absolute Gasteiger partial charge is 0.410 e. The fourth-order valence-electron chi connectivity index (χ4n) is 3.32. The number of nitrogens with one attached hydrogen (secondary N) is 2. The summed E-state index contributed by atoms with van der Waals surface area (Å²) in [5, 5.41) is 5.78. The molecule has 148 valence electrons. The molecule has 1 atom stereocenters. The minimum Gasteiger partial charge on any atom is -0.445 e. The molecule has 6 heteroatoms. The van der Waals surface area contributed by atoms with Crippen LogP contribution in [-0.2, 0) is 11.3 Å². The van der Waals surface area contributed by atoms with Gasteiger partial charge in [0.05, 0.1) is 0 Å². The van der Waals surface area contributed by atoms with Crippen LogP contribution in [0, 0.1) is 12.8 Å². The summed E-state index contributed by atoms with van der Waals surface area (Å²) >= 11 is 0. The number of para-hydroxylation sites is 1. The van der Waals surface area contributed by atoms with Crippen LogP contribution in [0.2, 0.25) is 0 Å². The third-order valence-corrected chi connectivity index (χ3v) is 4.93. The van der Waals surface area contributed by atoms with Gasteiger partial charge in [-0.3, -0.25) is 0 Å². The fourth-order valence-corrected chi connectivity index (χ4v) is 3.32. The molecule has 28 heavy (non-hydrogen) atoms. The predicted octanol–water partition coefficient (Wildman–Crippen LogP) is 4.17. The van der Waals surface area contributed by atoms with Crippen LogP contribution in [0.1, 0.15) is 24.0 Å². The number of hydrogen-bond donors (Lipinski definition) is 2. The number of likely N-dealkylation sites (tertiary alicyclic amines) is 1. The van der Waals surface area contributed by atoms with Crippen molar-refractivity contribution in [3.8, 4) is 0 Å². The number of carbonyl (C=O) groups is 2. The second-order valence-corrected chi connectivity index (χ2v) is 7.14. The first-order valence-electron chi connectivity index (χ1n) is 9.68. The first kappa shape index (κ1) is 19.7. The van der Waals surface area contributed by atoms with Crippen molar-refractivity contribution in [2.45, 2.75) is 26.4 Å². The molecule has 0 aromatic heterocycles. The van der Waals surface area contributed by atoms with Gasteiger partial charge in [0.1, 0.15) is 6.61 Å². The highest BCUT2D eigenvalue weighted by molar-refractivity contribution is 5.90. The summed E-state index contributed by atoms with van der Waals surface area (Å²) in [5.41, 5.74) is 2.79. The molecule has 0 spiro atoms. The van der Waals surface area contributed by atoms with Crippen molar-refractivity contribution in [3.63, 3.8) is 0 Å². The highest BCUT2D eigenvalue weighted by atomic mass is 16.6. The first-order chi connectivity index (χ1) is 13.6. The summed E-state index contributed by atoms with van der Waals surface area (Å²) in [7, 11) is 0. The molecule has 0 unspecified atom stereocenters. The molecule has 1 saturated heterocycles. The molecule has 2 N–H and O–H groups in total. The highest BCUT2D eigenvalue weighted by Crippen LogP contribution is 2.17. The van der Waals surface area contributed by atoms with Gasteiger partial charge in [-0.25, -0.2) is 9.59 Å². The van der Waals surface area contributed by atoms with Gasteiger partial charge < -0.3 is 20.3 Å². The lowest BCUT2D eigenvalue weighted by Crippen LogP contribution is -2.44. The van der Waals surface area contributed by atoms with Gasteiger partial charge in [0, 0.05) is 25.3 Å². The van der Waals surface area contributed by atoms with E-state index in [2.05, 4.69) is 10.6 Å². The van der Waals surface area contributed by atoms with E-state index in [0.717, 1.165) is 29.7 Å². The average Bonchev–Trinajstić information content (AvgIpc) is 2.73. The fraction of sp³-hybridized carbons (Fsp3) is 0.364. The molecule has 0 aliphatic carbocycles. The van der Waals surface area contributed by atoms with Crippen LogP contribution in [0.4, 0.5) is 15.3 Å². The zero-order valence-corrected chi connectivity index (χ0v) is 16.2. The van der Waals surface area contributed by atoms with Crippen LogP contribution < -0.4 is 10.6 Å². The topological polar surface area (TPSA) is 70.7 Å². The van der Waals surface area contributed by atoms with Gasteiger partial charge in [-0.2, -0.15) is 0 Å². The number of hydrogen-bond acceptors (Lipinski definition) is 3. The van der Waals surface area contributed by atoms with Crippen molar-refractivity contribution in [2.24, 2.45) is 5.92 Å². The molecule has 3 rings (SSSR count). The Balaban J connectivity index is 1.42. The number of piperidine rings is 1. The van der Waals surface area contributed by atoms with E-state index < -0.39 is 0 Å². The molecular formula is C22H27N3O3. The summed E-state index contributed by atoms with van der Waals surface area (Å²) in [4.78, 5) is 26.2. The summed E-state index contributed by atoms with van der Waals surface area (Å²) in [5.74, 6) is 0.223. The van der Waals surface area contributed by atoms with Gasteiger partial charge in [0.15, 0.2) is 0 Å². The second kappa shape index (κ2) is 9.78. The van der Waals surface area contributed by atoms with Crippen molar-refractivity contribution in [1.29, 1.82) is 0 Å². The Kier molecular flexibility index (Phi) is 6.89. The van der Waals surface area contributed by atoms with Gasteiger partial charge >= 0.3 is 12.1 Å². The van der Waals surface area contributed by atoms with E-state index in [4.69, 9.17) is 4.74 Å². The van der Waals surface area contributed by atoms with Gasteiger partial charge in [-0.1, -0.05) is 48.5 Å². The monoisotopic (exact) mass is 381 g/mol. The molecule has 1 aliphatic rings. The Morgan fingerprint density at radius 1 is 1.11 bits per heavy atom. The summed E-state index contributed by atoms with van der Waals surface area (Å²) in [6, 6.07) is 17.1. The standard InChI is InChI=1S/C22H27N3O3/c1-17-8-5-6-12-20(17)24-21(26)23-14-19-11-7-13-25(15-19)22(27)28-16-18-9-3-2-4-10-18/h2-6,8-10,12,19H,7,11,13-16H2,1H3,(H2,23,24,26)/t19-/m0/s1. The number of anilines is 1. The minimum absolute atomic E-state index is 0.223. The van der Waals surface area contributed by atoms with E-state index in [-0.39, 0.29) is 24.6 Å². The van der Waals surface area contributed by atoms with Gasteiger partial charge in [0.2, 0.25) is 0 Å². The Bertz CT molecular complexity index is 795. The molecule has 0 radical (unpaired) electrons. The molecule has 0 bridgehead atoms. The zero-order chi connectivity index (χ0) is 19.8. The Hall–Kier alpha value is -3.02. The summed E-state index contributed by atoms with van der Waals surface area (Å²) in [6.07, 6.45) is 1.59. The Morgan fingerprint density at radius 3 is 2.64 bits per heavy atom. The van der Waals surface area contributed by atoms with Crippen molar-refractivity contribution in [2.75, 3.05) is 25.0 Å². The van der Waals surface area contributed by atoms with Gasteiger partial charge in [0.25, 0.3) is 0 Å². The van der Waals surface area contributed by atoms with Crippen molar-refractivity contribution in [1.82, 2.24) is 10.2 Å². The number of ether oxygens (including phenoxy) is 1. The third-order valence-electron chi connectivity index (χ3n) is 4.93. The van der Waals surface area contributed by atoms with E-state index in [9.17, 15) is 9.59 Å². The van der Waals surface area contributed by atoms with E-state index in [1.165, 1.54) is 0 Å². The van der Waals surface area contributed by atoms with Crippen LogP contribution >= 0.6 is 0 Å². The molecule has 1 heterocycles. The Labute approximate surface area is 165 Å². The number of nitrogens with zero attached hydrogens (tertiary/aromatic N) is 1. The van der Waals surface area contributed by atoms with E-state index in [1.807, 2.05) is 61.5 Å². The van der Waals surface area contributed by atoms with E-state index in [0.29, 0.717) is 19.6 Å². The number of amides is 3.